The first-order valence-corrected chi connectivity index (χ1v) is 9.14. The molecule has 1 aromatic carbocycles. The molecular formula is C19H27ClFN3O3. The molecule has 27 heavy (non-hydrogen) atoms. The third-order valence-electron chi connectivity index (χ3n) is 5.51. The van der Waals surface area contributed by atoms with Gasteiger partial charge in [-0.3, -0.25) is 9.59 Å². The standard InChI is InChI=1S/C19H26FN3O3.ClH/c20-16-4-2-1-3-15(16)13-17(24)22-7-9-23(10-8-22)18(25)19(14-21)5-11-26-12-6-19;/h1-4H,5-14,21H2;1H. The van der Waals surface area contributed by atoms with Gasteiger partial charge in [-0.05, 0) is 24.5 Å². The molecule has 2 aliphatic heterocycles. The number of nitrogens with zero attached hydrogens (tertiary/aromatic N) is 2. The van der Waals surface area contributed by atoms with Crippen LogP contribution in [-0.4, -0.2) is 67.6 Å². The first-order chi connectivity index (χ1) is 12.6. The van der Waals surface area contributed by atoms with Crippen molar-refractivity contribution in [2.75, 3.05) is 45.9 Å². The largest absolute Gasteiger partial charge is 0.381 e. The minimum Gasteiger partial charge on any atom is -0.381 e. The number of ether oxygens (including phenoxy) is 1. The lowest BCUT2D eigenvalue weighted by Crippen LogP contribution is -2.57. The Hall–Kier alpha value is -1.70. The Morgan fingerprint density at radius 3 is 2.26 bits per heavy atom. The molecule has 6 nitrogen and oxygen atoms in total. The molecular weight excluding hydrogens is 373 g/mol. The van der Waals surface area contributed by atoms with Crippen LogP contribution in [0.4, 0.5) is 4.39 Å². The van der Waals surface area contributed by atoms with Crippen LogP contribution in [0.5, 0.6) is 0 Å². The average molecular weight is 400 g/mol. The highest BCUT2D eigenvalue weighted by atomic mass is 35.5. The summed E-state index contributed by atoms with van der Waals surface area (Å²) in [6.45, 7) is 3.36. The SMILES string of the molecule is Cl.NCC1(C(=O)N2CCN(C(=O)Cc3ccccc3F)CC2)CCOCC1. The van der Waals surface area contributed by atoms with E-state index in [1.807, 2.05) is 4.90 Å². The van der Waals surface area contributed by atoms with Gasteiger partial charge in [0.25, 0.3) is 0 Å². The predicted molar refractivity (Wildman–Crippen MR) is 102 cm³/mol. The summed E-state index contributed by atoms with van der Waals surface area (Å²) in [4.78, 5) is 28.9. The van der Waals surface area contributed by atoms with Crippen LogP contribution in [-0.2, 0) is 20.7 Å². The quantitative estimate of drug-likeness (QED) is 0.825. The Morgan fingerprint density at radius 1 is 1.07 bits per heavy atom. The minimum atomic E-state index is -0.530. The molecule has 2 N–H and O–H groups in total. The van der Waals surface area contributed by atoms with Crippen LogP contribution in [0.15, 0.2) is 24.3 Å². The molecule has 0 unspecified atom stereocenters. The van der Waals surface area contributed by atoms with E-state index in [1.54, 1.807) is 23.1 Å². The zero-order valence-corrected chi connectivity index (χ0v) is 16.2. The summed E-state index contributed by atoms with van der Waals surface area (Å²) in [5.41, 5.74) is 5.79. The highest BCUT2D eigenvalue weighted by molar-refractivity contribution is 5.85. The van der Waals surface area contributed by atoms with Crippen LogP contribution >= 0.6 is 12.4 Å². The van der Waals surface area contributed by atoms with Crippen LogP contribution in [0.3, 0.4) is 0 Å². The van der Waals surface area contributed by atoms with Gasteiger partial charge in [-0.25, -0.2) is 4.39 Å². The summed E-state index contributed by atoms with van der Waals surface area (Å²) in [5.74, 6) is -0.398. The van der Waals surface area contributed by atoms with Gasteiger partial charge >= 0.3 is 0 Å². The van der Waals surface area contributed by atoms with Crippen molar-refractivity contribution in [1.82, 2.24) is 9.80 Å². The van der Waals surface area contributed by atoms with E-state index in [2.05, 4.69) is 0 Å². The third-order valence-corrected chi connectivity index (χ3v) is 5.51. The van der Waals surface area contributed by atoms with E-state index in [4.69, 9.17) is 10.5 Å². The van der Waals surface area contributed by atoms with Crippen LogP contribution in [0.25, 0.3) is 0 Å². The van der Waals surface area contributed by atoms with Crippen LogP contribution < -0.4 is 5.73 Å². The molecule has 3 rings (SSSR count). The smallest absolute Gasteiger partial charge is 0.230 e. The monoisotopic (exact) mass is 399 g/mol. The highest BCUT2D eigenvalue weighted by Crippen LogP contribution is 2.32. The van der Waals surface area contributed by atoms with Gasteiger partial charge in [0.1, 0.15) is 5.82 Å². The lowest BCUT2D eigenvalue weighted by Gasteiger charge is -2.42. The number of hydrogen-bond acceptors (Lipinski definition) is 4. The molecule has 0 saturated carbocycles. The molecule has 1 aromatic rings. The fraction of sp³-hybridized carbons (Fsp3) is 0.579. The number of benzene rings is 1. The maximum absolute atomic E-state index is 13.7. The second-order valence-electron chi connectivity index (χ2n) is 7.04. The molecule has 0 atom stereocenters. The summed E-state index contributed by atoms with van der Waals surface area (Å²) in [6.07, 6.45) is 1.34. The summed E-state index contributed by atoms with van der Waals surface area (Å²) in [5, 5.41) is 0. The molecule has 0 spiro atoms. The second-order valence-corrected chi connectivity index (χ2v) is 7.04. The van der Waals surface area contributed by atoms with Gasteiger partial charge in [-0.2, -0.15) is 0 Å². The molecule has 2 heterocycles. The van der Waals surface area contributed by atoms with Crippen molar-refractivity contribution in [3.8, 4) is 0 Å². The first kappa shape index (κ1) is 21.6. The Bertz CT molecular complexity index is 659. The lowest BCUT2D eigenvalue weighted by molar-refractivity contribution is -0.151. The average Bonchev–Trinajstić information content (AvgIpc) is 2.69. The molecule has 2 saturated heterocycles. The Morgan fingerprint density at radius 2 is 1.67 bits per heavy atom. The molecule has 150 valence electrons. The van der Waals surface area contributed by atoms with Crippen molar-refractivity contribution in [1.29, 1.82) is 0 Å². The van der Waals surface area contributed by atoms with Gasteiger partial charge < -0.3 is 20.3 Å². The van der Waals surface area contributed by atoms with E-state index in [1.165, 1.54) is 6.07 Å². The number of nitrogens with two attached hydrogens (primary N) is 1. The fourth-order valence-corrected chi connectivity index (χ4v) is 3.68. The molecule has 0 aliphatic carbocycles. The highest BCUT2D eigenvalue weighted by Gasteiger charge is 2.42. The van der Waals surface area contributed by atoms with Crippen molar-refractivity contribution in [2.24, 2.45) is 11.1 Å². The van der Waals surface area contributed by atoms with Crippen molar-refractivity contribution < 1.29 is 18.7 Å². The van der Waals surface area contributed by atoms with Crippen LogP contribution in [0.2, 0.25) is 0 Å². The van der Waals surface area contributed by atoms with Crippen LogP contribution in [0, 0.1) is 11.2 Å². The van der Waals surface area contributed by atoms with E-state index in [-0.39, 0.29) is 36.5 Å². The number of hydrogen-bond donors (Lipinski definition) is 1. The minimum absolute atomic E-state index is 0. The summed E-state index contributed by atoms with van der Waals surface area (Å²) in [6, 6.07) is 6.32. The fourth-order valence-electron chi connectivity index (χ4n) is 3.68. The van der Waals surface area contributed by atoms with Crippen LogP contribution in [0.1, 0.15) is 18.4 Å². The number of carbonyl (C=O) groups excluding carboxylic acids is 2. The second kappa shape index (κ2) is 9.48. The van der Waals surface area contributed by atoms with Gasteiger partial charge in [0.05, 0.1) is 11.8 Å². The summed E-state index contributed by atoms with van der Waals surface area (Å²) < 4.78 is 19.1. The molecule has 0 radical (unpaired) electrons. The first-order valence-electron chi connectivity index (χ1n) is 9.14. The topological polar surface area (TPSA) is 75.9 Å². The number of piperazine rings is 1. The zero-order chi connectivity index (χ0) is 18.6. The van der Waals surface area contributed by atoms with E-state index in [0.717, 1.165) is 0 Å². The molecule has 2 fully saturated rings. The normalized spacial score (nSPS) is 19.3. The molecule has 0 bridgehead atoms. The van der Waals surface area contributed by atoms with E-state index in [0.29, 0.717) is 64.3 Å². The number of rotatable bonds is 4. The van der Waals surface area contributed by atoms with E-state index >= 15 is 0 Å². The number of halogens is 2. The van der Waals surface area contributed by atoms with Crippen molar-refractivity contribution in [3.05, 3.63) is 35.6 Å². The molecule has 2 amide bonds. The van der Waals surface area contributed by atoms with Gasteiger partial charge in [-0.15, -0.1) is 12.4 Å². The zero-order valence-electron chi connectivity index (χ0n) is 15.4. The van der Waals surface area contributed by atoms with Gasteiger partial charge in [0.15, 0.2) is 0 Å². The Balaban J connectivity index is 0.00000261. The maximum Gasteiger partial charge on any atom is 0.230 e. The summed E-state index contributed by atoms with van der Waals surface area (Å²) in [7, 11) is 0. The van der Waals surface area contributed by atoms with E-state index < -0.39 is 5.41 Å². The van der Waals surface area contributed by atoms with Crippen molar-refractivity contribution in [2.45, 2.75) is 19.3 Å². The predicted octanol–water partition coefficient (Wildman–Crippen LogP) is 1.22. The molecule has 2 aliphatic rings. The Kier molecular flexibility index (Phi) is 7.59. The third kappa shape index (κ3) is 4.78. The van der Waals surface area contributed by atoms with Crippen molar-refractivity contribution in [3.63, 3.8) is 0 Å². The lowest BCUT2D eigenvalue weighted by atomic mass is 9.78. The molecule has 0 aromatic heterocycles. The number of amides is 2. The van der Waals surface area contributed by atoms with Crippen molar-refractivity contribution >= 4 is 24.2 Å². The maximum atomic E-state index is 13.7. The van der Waals surface area contributed by atoms with Gasteiger partial charge in [0.2, 0.25) is 11.8 Å². The van der Waals surface area contributed by atoms with Gasteiger partial charge in [-0.1, -0.05) is 18.2 Å². The van der Waals surface area contributed by atoms with Gasteiger partial charge in [0, 0.05) is 45.9 Å². The van der Waals surface area contributed by atoms with E-state index in [9.17, 15) is 14.0 Å². The number of carbonyl (C=O) groups is 2. The molecule has 8 heteroatoms. The Labute approximate surface area is 165 Å². The summed E-state index contributed by atoms with van der Waals surface area (Å²) >= 11 is 0.